The maximum Gasteiger partial charge on any atom is 0.408 e. The third kappa shape index (κ3) is 1.49. The molecule has 5 nitrogen and oxygen atoms in total. The van der Waals surface area contributed by atoms with E-state index in [4.69, 9.17) is 5.84 Å². The number of nitrogens with two attached hydrogens (primary N) is 1. The summed E-state index contributed by atoms with van der Waals surface area (Å²) in [6, 6.07) is 1.96. The van der Waals surface area contributed by atoms with Gasteiger partial charge in [-0.1, -0.05) is 4.52 Å². The van der Waals surface area contributed by atoms with Crippen LogP contribution in [0.25, 0.3) is 5.78 Å². The van der Waals surface area contributed by atoms with Gasteiger partial charge < -0.3 is 17.0 Å². The first-order valence-corrected chi connectivity index (χ1v) is 3.67. The average Bonchev–Trinajstić information content (AvgIpc) is 2.33. The van der Waals surface area contributed by atoms with Gasteiger partial charge in [0, 0.05) is 6.07 Å². The second kappa shape index (κ2) is 3.29. The number of aromatic nitrogens is 4. The monoisotopic (exact) mass is 243 g/mol. The van der Waals surface area contributed by atoms with Crippen molar-refractivity contribution < 1.29 is 21.7 Å². The van der Waals surface area contributed by atoms with Crippen LogP contribution in [-0.4, -0.2) is 14.6 Å². The van der Waals surface area contributed by atoms with Crippen LogP contribution in [0.15, 0.2) is 12.4 Å². The summed E-state index contributed by atoms with van der Waals surface area (Å²) in [7, 11) is 0. The first kappa shape index (κ1) is 9.91. The van der Waals surface area contributed by atoms with Gasteiger partial charge in [0.15, 0.2) is 0 Å². The number of nitrogens with zero attached hydrogens (tertiary/aromatic N) is 4. The minimum atomic E-state index is 0. The molecule has 0 atom stereocenters. The summed E-state index contributed by atoms with van der Waals surface area (Å²) in [5, 5.41) is 4.05. The van der Waals surface area contributed by atoms with Crippen molar-refractivity contribution in [2.45, 2.75) is 13.8 Å². The molecule has 0 aromatic carbocycles. The Labute approximate surface area is 85.9 Å². The number of nitrogen functional groups attached to an aromatic ring is 1. The van der Waals surface area contributed by atoms with E-state index in [0.717, 1.165) is 11.4 Å². The lowest BCUT2D eigenvalue weighted by molar-refractivity contribution is -0.614. The smallest absolute Gasteiger partial charge is 0.408 e. The maximum atomic E-state index is 5.58. The highest BCUT2D eigenvalue weighted by molar-refractivity contribution is 5.23. The van der Waals surface area contributed by atoms with Crippen LogP contribution in [0.3, 0.4) is 0 Å². The molecule has 0 saturated carbocycles. The third-order valence-corrected chi connectivity index (χ3v) is 1.74. The Morgan fingerprint density at radius 2 is 2.15 bits per heavy atom. The molecule has 0 aliphatic heterocycles. The van der Waals surface area contributed by atoms with Crippen LogP contribution in [0.4, 0.5) is 0 Å². The molecule has 0 bridgehead atoms. The van der Waals surface area contributed by atoms with E-state index in [1.807, 2.05) is 19.9 Å². The average molecular weight is 244 g/mol. The van der Waals surface area contributed by atoms with Gasteiger partial charge in [0.1, 0.15) is 11.4 Å². The van der Waals surface area contributed by atoms with Gasteiger partial charge in [0.2, 0.25) is 0 Å². The largest absolute Gasteiger partial charge is 1.00 e. The van der Waals surface area contributed by atoms with E-state index in [0.29, 0.717) is 5.78 Å². The minimum absolute atomic E-state index is 0. The molecule has 2 N–H and O–H groups in total. The number of hydrogen-bond acceptors (Lipinski definition) is 3. The van der Waals surface area contributed by atoms with Crippen molar-refractivity contribution in [1.82, 2.24) is 14.6 Å². The molecule has 0 aliphatic carbocycles. The second-order valence-electron chi connectivity index (χ2n) is 2.79. The zero-order chi connectivity index (χ0) is 8.72. The molecule has 0 amide bonds. The Balaban J connectivity index is 0.000000845. The van der Waals surface area contributed by atoms with E-state index in [9.17, 15) is 0 Å². The highest BCUT2D eigenvalue weighted by atomic mass is 79.9. The second-order valence-corrected chi connectivity index (χ2v) is 2.79. The van der Waals surface area contributed by atoms with Gasteiger partial charge in [-0.2, -0.15) is 0 Å². The van der Waals surface area contributed by atoms with Gasteiger partial charge in [0.05, 0.1) is 0 Å². The van der Waals surface area contributed by atoms with E-state index in [1.54, 1.807) is 4.52 Å². The fraction of sp³-hybridized carbons (Fsp3) is 0.286. The van der Waals surface area contributed by atoms with Crippen molar-refractivity contribution in [3.8, 4) is 0 Å². The van der Waals surface area contributed by atoms with Crippen molar-refractivity contribution in [2.75, 3.05) is 5.84 Å². The van der Waals surface area contributed by atoms with Gasteiger partial charge in [0.25, 0.3) is 6.33 Å². The normalized spacial score (nSPS) is 10.0. The molecule has 70 valence electrons. The summed E-state index contributed by atoms with van der Waals surface area (Å²) in [6.45, 7) is 3.90. The zero-order valence-electron chi connectivity index (χ0n) is 7.40. The first-order valence-electron chi connectivity index (χ1n) is 3.67. The summed E-state index contributed by atoms with van der Waals surface area (Å²) >= 11 is 0. The standard InChI is InChI=1S/C7H10N5.BrH/c1-5-3-6(2)12-7(10-5)11(8)4-9-12;/h3-4H,8H2,1-2H3;1H/q+1;/p-1. The van der Waals surface area contributed by atoms with Crippen LogP contribution in [0.5, 0.6) is 0 Å². The fourth-order valence-corrected chi connectivity index (χ4v) is 1.23. The minimum Gasteiger partial charge on any atom is -1.00 e. The van der Waals surface area contributed by atoms with Gasteiger partial charge in [-0.05, 0) is 18.9 Å². The molecule has 0 radical (unpaired) electrons. The van der Waals surface area contributed by atoms with Crippen molar-refractivity contribution in [3.05, 3.63) is 23.8 Å². The molecule has 0 unspecified atom stereocenters. The molecule has 2 rings (SSSR count). The number of fused-ring (bicyclic) bond motifs is 1. The van der Waals surface area contributed by atoms with E-state index >= 15 is 0 Å². The van der Waals surface area contributed by atoms with Gasteiger partial charge in [-0.3, -0.25) is 5.84 Å². The Morgan fingerprint density at radius 3 is 2.85 bits per heavy atom. The summed E-state index contributed by atoms with van der Waals surface area (Å²) in [5.41, 5.74) is 1.97. The molecule has 2 aromatic rings. The molecular weight excluding hydrogens is 234 g/mol. The highest BCUT2D eigenvalue weighted by Gasteiger charge is 2.12. The van der Waals surface area contributed by atoms with Crippen LogP contribution in [0, 0.1) is 13.8 Å². The Kier molecular flexibility index (Phi) is 2.51. The van der Waals surface area contributed by atoms with Crippen molar-refractivity contribution in [1.29, 1.82) is 0 Å². The third-order valence-electron chi connectivity index (χ3n) is 1.74. The van der Waals surface area contributed by atoms with Crippen molar-refractivity contribution >= 4 is 5.78 Å². The molecule has 13 heavy (non-hydrogen) atoms. The molecular formula is C7H10BrN5. The first-order chi connectivity index (χ1) is 5.68. The Hall–Kier alpha value is -1.17. The Bertz CT molecular complexity index is 436. The number of aryl methyl sites for hydroxylation is 2. The van der Waals surface area contributed by atoms with Crippen LogP contribution < -0.4 is 27.5 Å². The topological polar surface area (TPSA) is 60.1 Å². The van der Waals surface area contributed by atoms with E-state index in [2.05, 4.69) is 10.1 Å². The molecule has 6 heteroatoms. The number of rotatable bonds is 0. The lowest BCUT2D eigenvalue weighted by atomic mass is 10.4. The van der Waals surface area contributed by atoms with Crippen LogP contribution in [-0.2, 0) is 0 Å². The summed E-state index contributed by atoms with van der Waals surface area (Å²) in [5.74, 6) is 6.24. The molecule has 0 spiro atoms. The van der Waals surface area contributed by atoms with Crippen LogP contribution >= 0.6 is 0 Å². The quantitative estimate of drug-likeness (QED) is 0.384. The lowest BCUT2D eigenvalue weighted by Crippen LogP contribution is -3.00. The SMILES string of the molecule is Cc1cc(C)n2nc[n+](N)c2n1.[Br-]. The summed E-state index contributed by atoms with van der Waals surface area (Å²) in [4.78, 5) is 4.23. The predicted octanol–water partition coefficient (Wildman–Crippen LogP) is -3.65. The van der Waals surface area contributed by atoms with Crippen molar-refractivity contribution in [2.24, 2.45) is 0 Å². The fourth-order valence-electron chi connectivity index (χ4n) is 1.23. The molecule has 0 aliphatic rings. The predicted molar refractivity (Wildman–Crippen MR) is 42.8 cm³/mol. The summed E-state index contributed by atoms with van der Waals surface area (Å²) < 4.78 is 3.10. The molecule has 0 saturated heterocycles. The Morgan fingerprint density at radius 1 is 1.46 bits per heavy atom. The number of hydrogen-bond donors (Lipinski definition) is 1. The zero-order valence-corrected chi connectivity index (χ0v) is 8.98. The molecule has 2 heterocycles. The van der Waals surface area contributed by atoms with E-state index < -0.39 is 0 Å². The molecule has 0 fully saturated rings. The number of halogens is 1. The van der Waals surface area contributed by atoms with Crippen LogP contribution in [0.2, 0.25) is 0 Å². The van der Waals surface area contributed by atoms with Crippen molar-refractivity contribution in [3.63, 3.8) is 0 Å². The van der Waals surface area contributed by atoms with Gasteiger partial charge in [-0.15, -0.1) is 9.66 Å². The maximum absolute atomic E-state index is 5.58. The van der Waals surface area contributed by atoms with E-state index in [-0.39, 0.29) is 17.0 Å². The lowest BCUT2D eigenvalue weighted by Gasteiger charge is -1.91. The highest BCUT2D eigenvalue weighted by Crippen LogP contribution is 2.00. The van der Waals surface area contributed by atoms with Gasteiger partial charge >= 0.3 is 5.78 Å². The van der Waals surface area contributed by atoms with Gasteiger partial charge in [-0.25, -0.2) is 0 Å². The van der Waals surface area contributed by atoms with Crippen LogP contribution in [0.1, 0.15) is 11.4 Å². The van der Waals surface area contributed by atoms with E-state index in [1.165, 1.54) is 11.0 Å². The molecule has 2 aromatic heterocycles. The summed E-state index contributed by atoms with van der Waals surface area (Å²) in [6.07, 6.45) is 1.54.